The Bertz CT molecular complexity index is 366. The molecule has 0 aromatic carbocycles. The van der Waals surface area contributed by atoms with Crippen LogP contribution in [0.15, 0.2) is 12.4 Å². The molecule has 1 heterocycles. The van der Waals surface area contributed by atoms with Gasteiger partial charge in [0.15, 0.2) is 0 Å². The summed E-state index contributed by atoms with van der Waals surface area (Å²) in [5.74, 6) is 1.11. The topological polar surface area (TPSA) is 47.1 Å². The molecule has 0 amide bonds. The van der Waals surface area contributed by atoms with Crippen molar-refractivity contribution in [3.63, 3.8) is 0 Å². The Morgan fingerprint density at radius 3 is 2.42 bits per heavy atom. The first kappa shape index (κ1) is 16.2. The first-order valence-corrected chi connectivity index (χ1v) is 7.44. The standard InChI is InChI=1S/C15H30N4/c1-6-10-19-11-9-17-14(19)12-13(16)15(7-2,8-3)18(4)5/h9,11,13H,6-8,10,12,16H2,1-5H3. The van der Waals surface area contributed by atoms with E-state index in [1.54, 1.807) is 0 Å². The molecule has 0 aliphatic carbocycles. The van der Waals surface area contributed by atoms with Gasteiger partial charge >= 0.3 is 0 Å². The van der Waals surface area contributed by atoms with Crippen LogP contribution in [-0.2, 0) is 13.0 Å². The third-order valence-electron chi connectivity index (χ3n) is 4.47. The fraction of sp³-hybridized carbons (Fsp3) is 0.800. The lowest BCUT2D eigenvalue weighted by Gasteiger charge is -2.43. The van der Waals surface area contributed by atoms with Crippen LogP contribution in [0.25, 0.3) is 0 Å². The minimum atomic E-state index is 0.0585. The van der Waals surface area contributed by atoms with Gasteiger partial charge in [0.2, 0.25) is 0 Å². The molecule has 1 rings (SSSR count). The number of nitrogens with two attached hydrogens (primary N) is 1. The molecule has 0 fully saturated rings. The smallest absolute Gasteiger partial charge is 0.110 e. The second kappa shape index (κ2) is 7.06. The van der Waals surface area contributed by atoms with Crippen LogP contribution in [-0.4, -0.2) is 40.1 Å². The van der Waals surface area contributed by atoms with E-state index in [-0.39, 0.29) is 11.6 Å². The van der Waals surface area contributed by atoms with E-state index in [9.17, 15) is 0 Å². The maximum Gasteiger partial charge on any atom is 0.110 e. The quantitative estimate of drug-likeness (QED) is 0.785. The summed E-state index contributed by atoms with van der Waals surface area (Å²) < 4.78 is 2.23. The molecular weight excluding hydrogens is 236 g/mol. The third-order valence-corrected chi connectivity index (χ3v) is 4.47. The molecule has 0 saturated heterocycles. The van der Waals surface area contributed by atoms with Crippen molar-refractivity contribution in [1.82, 2.24) is 14.5 Å². The maximum atomic E-state index is 6.54. The van der Waals surface area contributed by atoms with Gasteiger partial charge in [0.05, 0.1) is 0 Å². The Labute approximate surface area is 118 Å². The molecule has 1 atom stereocenters. The lowest BCUT2D eigenvalue weighted by atomic mass is 9.82. The van der Waals surface area contributed by atoms with Gasteiger partial charge in [-0.2, -0.15) is 0 Å². The highest BCUT2D eigenvalue weighted by atomic mass is 15.2. The largest absolute Gasteiger partial charge is 0.335 e. The first-order valence-electron chi connectivity index (χ1n) is 7.44. The van der Waals surface area contributed by atoms with Crippen molar-refractivity contribution in [2.75, 3.05) is 14.1 Å². The lowest BCUT2D eigenvalue weighted by molar-refractivity contribution is 0.104. The molecule has 4 nitrogen and oxygen atoms in total. The molecule has 0 saturated carbocycles. The average molecular weight is 266 g/mol. The second-order valence-electron chi connectivity index (χ2n) is 5.55. The van der Waals surface area contributed by atoms with Crippen LogP contribution in [0, 0.1) is 0 Å². The van der Waals surface area contributed by atoms with Crippen molar-refractivity contribution in [1.29, 1.82) is 0 Å². The van der Waals surface area contributed by atoms with E-state index < -0.39 is 0 Å². The molecule has 0 radical (unpaired) electrons. The Kier molecular flexibility index (Phi) is 6.01. The van der Waals surface area contributed by atoms with Crippen LogP contribution in [0.1, 0.15) is 45.9 Å². The monoisotopic (exact) mass is 266 g/mol. The SMILES string of the molecule is CCCn1ccnc1CC(N)C(CC)(CC)N(C)C. The Morgan fingerprint density at radius 2 is 1.95 bits per heavy atom. The van der Waals surface area contributed by atoms with Crippen LogP contribution < -0.4 is 5.73 Å². The molecule has 4 heteroatoms. The van der Waals surface area contributed by atoms with Crippen molar-refractivity contribution >= 4 is 0 Å². The predicted octanol–water partition coefficient (Wildman–Crippen LogP) is 2.28. The molecule has 1 aromatic heterocycles. The summed E-state index contributed by atoms with van der Waals surface area (Å²) in [6, 6.07) is 0.107. The fourth-order valence-electron chi connectivity index (χ4n) is 3.10. The van der Waals surface area contributed by atoms with Crippen molar-refractivity contribution in [2.45, 2.75) is 64.6 Å². The molecular formula is C15H30N4. The van der Waals surface area contributed by atoms with E-state index in [0.29, 0.717) is 0 Å². The number of imidazole rings is 1. The van der Waals surface area contributed by atoms with Gasteiger partial charge in [0.25, 0.3) is 0 Å². The second-order valence-corrected chi connectivity index (χ2v) is 5.55. The number of hydrogen-bond acceptors (Lipinski definition) is 3. The van der Waals surface area contributed by atoms with Gasteiger partial charge in [-0.1, -0.05) is 20.8 Å². The van der Waals surface area contributed by atoms with E-state index in [1.165, 1.54) is 0 Å². The summed E-state index contributed by atoms with van der Waals surface area (Å²) in [4.78, 5) is 6.76. The molecule has 0 bridgehead atoms. The summed E-state index contributed by atoms with van der Waals surface area (Å²) in [5.41, 5.74) is 6.59. The van der Waals surface area contributed by atoms with Gasteiger partial charge in [0, 0.05) is 36.9 Å². The van der Waals surface area contributed by atoms with E-state index in [0.717, 1.165) is 38.1 Å². The van der Waals surface area contributed by atoms with Gasteiger partial charge in [-0.15, -0.1) is 0 Å². The van der Waals surface area contributed by atoms with E-state index in [1.807, 2.05) is 6.20 Å². The molecule has 19 heavy (non-hydrogen) atoms. The molecule has 0 aliphatic heterocycles. The van der Waals surface area contributed by atoms with Gasteiger partial charge in [-0.3, -0.25) is 0 Å². The van der Waals surface area contributed by atoms with E-state index in [2.05, 4.69) is 55.5 Å². The molecule has 0 spiro atoms. The maximum absolute atomic E-state index is 6.54. The van der Waals surface area contributed by atoms with E-state index in [4.69, 9.17) is 5.73 Å². The van der Waals surface area contributed by atoms with Gasteiger partial charge in [0.1, 0.15) is 5.82 Å². The van der Waals surface area contributed by atoms with Gasteiger partial charge in [-0.05, 0) is 33.4 Å². The summed E-state index contributed by atoms with van der Waals surface area (Å²) >= 11 is 0. The van der Waals surface area contributed by atoms with E-state index >= 15 is 0 Å². The van der Waals surface area contributed by atoms with Crippen molar-refractivity contribution in [3.05, 3.63) is 18.2 Å². The van der Waals surface area contributed by atoms with Crippen molar-refractivity contribution in [2.24, 2.45) is 5.73 Å². The minimum absolute atomic E-state index is 0.0585. The van der Waals surface area contributed by atoms with Crippen LogP contribution in [0.3, 0.4) is 0 Å². The number of aromatic nitrogens is 2. The summed E-state index contributed by atoms with van der Waals surface area (Å²) in [6.45, 7) is 7.66. The highest BCUT2D eigenvalue weighted by Crippen LogP contribution is 2.26. The van der Waals surface area contributed by atoms with Gasteiger partial charge < -0.3 is 15.2 Å². The highest BCUT2D eigenvalue weighted by molar-refractivity contribution is 5.03. The summed E-state index contributed by atoms with van der Waals surface area (Å²) in [7, 11) is 4.26. The van der Waals surface area contributed by atoms with Crippen LogP contribution in [0.2, 0.25) is 0 Å². The Hall–Kier alpha value is -0.870. The highest BCUT2D eigenvalue weighted by Gasteiger charge is 2.36. The molecule has 110 valence electrons. The number of likely N-dealkylation sites (N-methyl/N-ethyl adjacent to an activating group) is 1. The molecule has 1 aromatic rings. The average Bonchev–Trinajstić information content (AvgIpc) is 2.79. The fourth-order valence-corrected chi connectivity index (χ4v) is 3.10. The van der Waals surface area contributed by atoms with Crippen molar-refractivity contribution < 1.29 is 0 Å². The normalized spacial score (nSPS) is 14.1. The Morgan fingerprint density at radius 1 is 1.32 bits per heavy atom. The van der Waals surface area contributed by atoms with Gasteiger partial charge in [-0.25, -0.2) is 4.98 Å². The number of hydrogen-bond donors (Lipinski definition) is 1. The van der Waals surface area contributed by atoms with Crippen LogP contribution >= 0.6 is 0 Å². The third kappa shape index (κ3) is 3.37. The lowest BCUT2D eigenvalue weighted by Crippen LogP contribution is -2.57. The van der Waals surface area contributed by atoms with Crippen LogP contribution in [0.5, 0.6) is 0 Å². The molecule has 1 unspecified atom stereocenters. The zero-order chi connectivity index (χ0) is 14.5. The van der Waals surface area contributed by atoms with Crippen molar-refractivity contribution in [3.8, 4) is 0 Å². The Balaban J connectivity index is 2.87. The number of rotatable bonds is 8. The first-order chi connectivity index (χ1) is 9.01. The number of aryl methyl sites for hydroxylation is 1. The summed E-state index contributed by atoms with van der Waals surface area (Å²) in [5, 5.41) is 0. The summed E-state index contributed by atoms with van der Waals surface area (Å²) in [6.07, 6.45) is 8.03. The zero-order valence-electron chi connectivity index (χ0n) is 13.2. The van der Waals surface area contributed by atoms with Crippen LogP contribution in [0.4, 0.5) is 0 Å². The molecule has 0 aliphatic rings. The minimum Gasteiger partial charge on any atom is -0.335 e. The zero-order valence-corrected chi connectivity index (χ0v) is 13.2. The molecule has 2 N–H and O–H groups in total. The number of nitrogens with zero attached hydrogens (tertiary/aromatic N) is 3. The predicted molar refractivity (Wildman–Crippen MR) is 81.2 cm³/mol.